The van der Waals surface area contributed by atoms with Gasteiger partial charge < -0.3 is 59.3 Å². The minimum absolute atomic E-state index is 0.0346. The van der Waals surface area contributed by atoms with Gasteiger partial charge in [-0.2, -0.15) is 0 Å². The molecule has 0 fully saturated rings. The van der Waals surface area contributed by atoms with E-state index >= 15 is 0 Å². The second-order valence-electron chi connectivity index (χ2n) is 26.2. The number of aromatic nitrogens is 6. The summed E-state index contributed by atoms with van der Waals surface area (Å²) in [7, 11) is -11.1. The van der Waals surface area contributed by atoms with Gasteiger partial charge in [0.2, 0.25) is 60.1 Å². The van der Waals surface area contributed by atoms with E-state index in [0.717, 1.165) is 16.8 Å². The van der Waals surface area contributed by atoms with Crippen LogP contribution in [0.1, 0.15) is 137 Å². The van der Waals surface area contributed by atoms with E-state index in [4.69, 9.17) is 69.9 Å². The van der Waals surface area contributed by atoms with Crippen molar-refractivity contribution in [3.8, 4) is 0 Å². The average molecular weight is 1820 g/mol. The van der Waals surface area contributed by atoms with Gasteiger partial charge in [0.1, 0.15) is 0 Å². The van der Waals surface area contributed by atoms with Crippen molar-refractivity contribution >= 4 is 126 Å². The number of aromatic amines is 6. The standard InChI is InChI=1S/6C14H21N3O2S/c6*1-15-20(18,19)10-11-4-5-14-13(8-11)12(9-16-14)6-7-17(2)3/h6*4-5,8-9,15-16H,6-7,10H2,1-3H3/i2D3,3D3,6D2,7D2,9D;1D3,2D3,3D3,6D2,9D;2D3,6D2,7D2,9D;1D3,2D3,6D2,9D;6D2,7D2,9D;1D3,6D2,9D. The fraction of sp³-hybridized carbons (Fsp3) is 0.429. The summed E-state index contributed by atoms with van der Waals surface area (Å²) in [6.45, 7) is -38.0. The summed E-state index contributed by atoms with van der Waals surface area (Å²) in [6, 6.07) is 25.7. The van der Waals surface area contributed by atoms with Gasteiger partial charge in [-0.25, -0.2) is 78.8 Å². The fourth-order valence-corrected chi connectivity index (χ4v) is 14.9. The summed E-state index contributed by atoms with van der Waals surface area (Å²) >= 11 is 0. The highest BCUT2D eigenvalue weighted by Gasteiger charge is 2.19. The second-order valence-corrected chi connectivity index (χ2v) is 37.2. The summed E-state index contributed by atoms with van der Waals surface area (Å²) in [4.78, 5) is 19.4. The first-order valence-corrected chi connectivity index (χ1v) is 44.6. The smallest absolute Gasteiger partial charge is 0.215 e. The number of likely N-dealkylation sites (N-methyl/N-ethyl adjacent to an activating group) is 6. The Morgan fingerprint density at radius 1 is 0.275 bits per heavy atom. The Hall–Kier alpha value is -8.22. The van der Waals surface area contributed by atoms with Crippen LogP contribution in [0.5, 0.6) is 0 Å². The zero-order chi connectivity index (χ0) is 132. The van der Waals surface area contributed by atoms with E-state index in [1.54, 1.807) is 46.6 Å². The van der Waals surface area contributed by atoms with E-state index in [1.165, 1.54) is 138 Å². The number of nitrogens with zero attached hydrogens (tertiary/aromatic N) is 6. The van der Waals surface area contributed by atoms with Crippen LogP contribution in [-0.4, -0.2) is 275 Å². The highest BCUT2D eigenvalue weighted by Crippen LogP contribution is 2.28. The van der Waals surface area contributed by atoms with Crippen molar-refractivity contribution in [2.75, 3.05) is 165 Å². The highest BCUT2D eigenvalue weighted by molar-refractivity contribution is 7.90. The van der Waals surface area contributed by atoms with Gasteiger partial charge in [0.25, 0.3) is 0 Å². The molecule has 0 radical (unpaired) electrons. The van der Waals surface area contributed by atoms with E-state index < -0.39 is 246 Å². The molecular formula is C84H126N18O12S6. The minimum atomic E-state index is -4.28. The van der Waals surface area contributed by atoms with E-state index in [2.05, 4.69) is 44.1 Å². The molecule has 12 rings (SSSR count). The molecule has 12 aromatic rings. The highest BCUT2D eigenvalue weighted by atomic mass is 32.2. The molecule has 660 valence electrons. The molecule has 0 aliphatic heterocycles. The summed E-state index contributed by atoms with van der Waals surface area (Å²) in [6.07, 6.45) is -17.4. The Kier molecular flexibility index (Phi) is 18.2. The molecule has 30 nitrogen and oxygen atoms in total. The maximum atomic E-state index is 12.1. The number of rotatable bonds is 36. The third kappa shape index (κ3) is 31.9. The molecule has 0 aliphatic rings. The number of hydrogen-bond donors (Lipinski definition) is 12. The molecule has 0 aliphatic carbocycles. The van der Waals surface area contributed by atoms with Gasteiger partial charge in [0.15, 0.2) is 0 Å². The largest absolute Gasteiger partial charge is 0.361 e. The van der Waals surface area contributed by atoms with Gasteiger partial charge in [0.05, 0.1) is 42.7 Å². The molecule has 36 heteroatoms. The second kappa shape index (κ2) is 45.2. The van der Waals surface area contributed by atoms with Crippen molar-refractivity contribution in [1.82, 2.24) is 87.6 Å². The summed E-state index contributed by atoms with van der Waals surface area (Å²) in [5.41, 5.74) is 2.06. The van der Waals surface area contributed by atoms with Crippen LogP contribution in [0.4, 0.5) is 0 Å². The predicted molar refractivity (Wildman–Crippen MR) is 493 cm³/mol. The lowest BCUT2D eigenvalue weighted by atomic mass is 10.1. The molecule has 0 bridgehead atoms. The van der Waals surface area contributed by atoms with Crippen LogP contribution in [0, 0.1) is 0 Å². The first-order valence-electron chi connectivity index (χ1n) is 60.2. The quantitative estimate of drug-likeness (QED) is 0.0177. The number of benzene rings is 6. The summed E-state index contributed by atoms with van der Waals surface area (Å²) in [5.74, 6) is -3.13. The normalized spacial score (nSPS) is 20.7. The number of nitrogens with one attached hydrogen (secondary N) is 12. The molecule has 0 saturated heterocycles. The number of sulfonamides is 6. The lowest BCUT2D eigenvalue weighted by Gasteiger charge is -2.08. The molecule has 0 amide bonds. The summed E-state index contributed by atoms with van der Waals surface area (Å²) in [5, 5.41) is 1.01. The molecule has 120 heavy (non-hydrogen) atoms. The van der Waals surface area contributed by atoms with Crippen molar-refractivity contribution in [1.29, 1.82) is 0 Å². The number of H-pyrrole nitrogens is 6. The van der Waals surface area contributed by atoms with Crippen LogP contribution in [0.25, 0.3) is 65.4 Å². The molecule has 12 N–H and O–H groups in total. The van der Waals surface area contributed by atoms with Gasteiger partial charge in [-0.1, -0.05) is 36.4 Å². The third-order valence-electron chi connectivity index (χ3n) is 16.1. The van der Waals surface area contributed by atoms with Crippen molar-refractivity contribution < 1.29 is 120 Å². The maximum Gasteiger partial charge on any atom is 0.215 e. The number of fused-ring (bicyclic) bond motifs is 6. The van der Waals surface area contributed by atoms with Crippen molar-refractivity contribution in [3.63, 3.8) is 0 Å². The molecular weight excluding hydrogens is 1650 g/mol. The topological polar surface area (TPSA) is 391 Å². The van der Waals surface area contributed by atoms with E-state index in [9.17, 15) is 50.5 Å². The van der Waals surface area contributed by atoms with Gasteiger partial charge in [-0.15, -0.1) is 0 Å². The van der Waals surface area contributed by atoms with Crippen LogP contribution in [0.3, 0.4) is 0 Å². The van der Waals surface area contributed by atoms with Crippen LogP contribution in [-0.2, 0) is 133 Å². The maximum absolute atomic E-state index is 12.1. The zero-order valence-corrected chi connectivity index (χ0v) is 70.7. The Labute approximate surface area is 782 Å². The molecule has 6 heterocycles. The first kappa shape index (κ1) is 48.2. The number of aryl methyl sites for hydroxylation is 3. The average Bonchev–Trinajstić information content (AvgIpc) is 1.66. The fourth-order valence-electron chi connectivity index (χ4n) is 10.5. The first-order chi connectivity index (χ1) is 76.4. The Morgan fingerprint density at radius 3 is 0.700 bits per heavy atom. The third-order valence-corrected chi connectivity index (χ3v) is 23.2. The molecule has 0 atom stereocenters. The Bertz CT molecular complexity index is 8410. The lowest BCUT2D eigenvalue weighted by Crippen LogP contribution is -2.20. The van der Waals surface area contributed by atoms with E-state index in [1.807, 2.05) is 0 Å². The van der Waals surface area contributed by atoms with Gasteiger partial charge in [-0.3, -0.25) is 0 Å². The van der Waals surface area contributed by atoms with Gasteiger partial charge in [-0.05, 0) is 304 Å². The molecule has 0 saturated carbocycles. The number of hydrogen-bond acceptors (Lipinski definition) is 18. The van der Waals surface area contributed by atoms with Crippen molar-refractivity contribution in [2.24, 2.45) is 0 Å². The van der Waals surface area contributed by atoms with Gasteiger partial charge >= 0.3 is 0 Å². The Balaban J connectivity index is 0.000000275. The Morgan fingerprint density at radius 2 is 0.483 bits per heavy atom. The van der Waals surface area contributed by atoms with Gasteiger partial charge in [0, 0.05) is 203 Å². The van der Waals surface area contributed by atoms with Crippen molar-refractivity contribution in [2.45, 2.75) is 72.8 Å². The predicted octanol–water partition coefficient (Wildman–Crippen LogP) is 7.93. The van der Waals surface area contributed by atoms with Crippen molar-refractivity contribution in [3.05, 3.63) is 213 Å². The SMILES string of the molecule is [2H]c1[nH]c2ccc(CS(=O)(=O)NC([2H])([2H])[2H])cc2c1C([2H])([2H])CN(C([2H])([2H])[2H])C([2H])([2H])[2H].[2H]c1[nH]c2ccc(CS(=O)(=O)NC([2H])([2H])[2H])cc2c1C([2H])([2H])CN(C)C.[2H]c1[nH]c2ccc(CS(=O)(=O)NC([2H])([2H])[2H])cc2c1C([2H])([2H])CN(C)C([2H])([2H])[2H].[2H]c1[nH]c2ccc(CS(=O)(=O)NC)cc2c1C([2H])([2H])C([2H])([2H])N(C([2H])([2H])[2H])C([2H])([2H])[2H].[2H]c1[nH]c2ccc(CS(=O)(=O)NC)cc2c1C([2H])([2H])C([2H])([2H])N(C)C.[2H]c1[nH]c2ccc(CS(=O)(=O)NC)cc2c1C([2H])([2H])C([2H])([2H])N(C)C([2H])([2H])[2H]. The summed E-state index contributed by atoms with van der Waals surface area (Å²) < 4.78 is 548. The monoisotopic (exact) mass is 1820 g/mol. The van der Waals surface area contributed by atoms with Crippen LogP contribution < -0.4 is 28.3 Å². The lowest BCUT2D eigenvalue weighted by molar-refractivity contribution is 0.414. The minimum Gasteiger partial charge on any atom is -0.361 e. The molecule has 0 spiro atoms. The molecule has 6 aromatic carbocycles. The van der Waals surface area contributed by atoms with Crippen LogP contribution in [0.15, 0.2) is 146 Å². The van der Waals surface area contributed by atoms with Crippen LogP contribution >= 0.6 is 0 Å². The molecule has 6 aromatic heterocycles. The van der Waals surface area contributed by atoms with E-state index in [0.29, 0.717) is 54.4 Å². The zero-order valence-electron chi connectivity index (χ0n) is 117. The van der Waals surface area contributed by atoms with E-state index in [-0.39, 0.29) is 119 Å². The van der Waals surface area contributed by atoms with Crippen LogP contribution in [0.2, 0.25) is 0 Å². The molecule has 0 unspecified atom stereocenters.